The molecule has 0 spiro atoms. The molecule has 0 fully saturated rings. The van der Waals surface area contributed by atoms with E-state index in [1.54, 1.807) is 0 Å². The number of carboxylic acid groups (broad SMARTS) is 1. The highest BCUT2D eigenvalue weighted by Gasteiger charge is 2.36. The maximum absolute atomic E-state index is 11.5. The molecule has 0 saturated heterocycles. The van der Waals surface area contributed by atoms with Crippen LogP contribution < -0.4 is 0 Å². The average molecular weight is 186 g/mol. The maximum atomic E-state index is 11.5. The lowest BCUT2D eigenvalue weighted by Gasteiger charge is -2.18. The SMILES string of the molecule is CC(O)(CCC(F)(F)F)C(=O)O. The quantitative estimate of drug-likeness (QED) is 0.695. The Kier molecular flexibility index (Phi) is 3.09. The molecule has 0 saturated carbocycles. The van der Waals surface area contributed by atoms with Crippen LogP contribution in [0.4, 0.5) is 13.2 Å². The van der Waals surface area contributed by atoms with Crippen LogP contribution in [-0.2, 0) is 4.79 Å². The molecule has 0 aromatic heterocycles. The van der Waals surface area contributed by atoms with Gasteiger partial charge < -0.3 is 10.2 Å². The third kappa shape index (κ3) is 4.17. The smallest absolute Gasteiger partial charge is 0.389 e. The first kappa shape index (κ1) is 11.2. The lowest BCUT2D eigenvalue weighted by atomic mass is 10.0. The molecular formula is C6H9F3O3. The van der Waals surface area contributed by atoms with Crippen molar-refractivity contribution in [1.82, 2.24) is 0 Å². The molecule has 0 heterocycles. The maximum Gasteiger partial charge on any atom is 0.389 e. The van der Waals surface area contributed by atoms with E-state index in [0.29, 0.717) is 0 Å². The summed E-state index contributed by atoms with van der Waals surface area (Å²) >= 11 is 0. The molecule has 12 heavy (non-hydrogen) atoms. The van der Waals surface area contributed by atoms with E-state index in [-0.39, 0.29) is 0 Å². The Morgan fingerprint density at radius 3 is 2.00 bits per heavy atom. The van der Waals surface area contributed by atoms with Crippen LogP contribution in [-0.4, -0.2) is 28.0 Å². The molecule has 0 aromatic carbocycles. The van der Waals surface area contributed by atoms with Crippen molar-refractivity contribution in [2.45, 2.75) is 31.5 Å². The fourth-order valence-corrected chi connectivity index (χ4v) is 0.492. The number of aliphatic carboxylic acids is 1. The zero-order valence-corrected chi connectivity index (χ0v) is 6.35. The normalized spacial score (nSPS) is 17.1. The Hall–Kier alpha value is -0.780. The van der Waals surface area contributed by atoms with Gasteiger partial charge in [-0.2, -0.15) is 13.2 Å². The van der Waals surface area contributed by atoms with Crippen LogP contribution in [0.15, 0.2) is 0 Å². The summed E-state index contributed by atoms with van der Waals surface area (Å²) in [5, 5.41) is 17.1. The van der Waals surface area contributed by atoms with E-state index in [1.165, 1.54) is 0 Å². The van der Waals surface area contributed by atoms with E-state index in [0.717, 1.165) is 6.92 Å². The van der Waals surface area contributed by atoms with Gasteiger partial charge in [-0.25, -0.2) is 4.79 Å². The summed E-state index contributed by atoms with van der Waals surface area (Å²) in [7, 11) is 0. The zero-order chi connectivity index (χ0) is 9.99. The molecule has 0 bridgehead atoms. The summed E-state index contributed by atoms with van der Waals surface area (Å²) in [4.78, 5) is 10.1. The first-order valence-electron chi connectivity index (χ1n) is 3.18. The van der Waals surface area contributed by atoms with Gasteiger partial charge in [-0.15, -0.1) is 0 Å². The monoisotopic (exact) mass is 186 g/mol. The van der Waals surface area contributed by atoms with Gasteiger partial charge in [0.15, 0.2) is 5.60 Å². The number of aliphatic hydroxyl groups is 1. The second-order valence-corrected chi connectivity index (χ2v) is 2.69. The molecule has 6 heteroatoms. The molecule has 0 aliphatic heterocycles. The van der Waals surface area contributed by atoms with E-state index in [2.05, 4.69) is 0 Å². The molecule has 0 aliphatic rings. The Labute approximate surface area is 66.8 Å². The predicted octanol–water partition coefficient (Wildman–Crippen LogP) is 1.16. The van der Waals surface area contributed by atoms with Crippen LogP contribution in [0.3, 0.4) is 0 Å². The van der Waals surface area contributed by atoms with E-state index >= 15 is 0 Å². The van der Waals surface area contributed by atoms with Crippen LogP contribution >= 0.6 is 0 Å². The van der Waals surface area contributed by atoms with Crippen molar-refractivity contribution in [3.05, 3.63) is 0 Å². The highest BCUT2D eigenvalue weighted by Crippen LogP contribution is 2.25. The lowest BCUT2D eigenvalue weighted by molar-refractivity contribution is -0.166. The fraction of sp³-hybridized carbons (Fsp3) is 0.833. The summed E-state index contributed by atoms with van der Waals surface area (Å²) in [6, 6.07) is 0. The van der Waals surface area contributed by atoms with Gasteiger partial charge in [0.2, 0.25) is 0 Å². The third-order valence-electron chi connectivity index (χ3n) is 1.36. The topological polar surface area (TPSA) is 57.5 Å². The molecule has 1 unspecified atom stereocenters. The molecular weight excluding hydrogens is 177 g/mol. The van der Waals surface area contributed by atoms with Gasteiger partial charge in [-0.05, 0) is 13.3 Å². The molecule has 1 atom stereocenters. The second kappa shape index (κ2) is 3.30. The van der Waals surface area contributed by atoms with Gasteiger partial charge >= 0.3 is 12.1 Å². The van der Waals surface area contributed by atoms with Crippen LogP contribution in [0.25, 0.3) is 0 Å². The highest BCUT2D eigenvalue weighted by molar-refractivity contribution is 5.76. The fourth-order valence-electron chi connectivity index (χ4n) is 0.492. The van der Waals surface area contributed by atoms with Gasteiger partial charge in [0.25, 0.3) is 0 Å². The molecule has 0 radical (unpaired) electrons. The van der Waals surface area contributed by atoms with Crippen molar-refractivity contribution in [2.75, 3.05) is 0 Å². The molecule has 0 aliphatic carbocycles. The Balaban J connectivity index is 4.01. The number of hydrogen-bond donors (Lipinski definition) is 2. The van der Waals surface area contributed by atoms with Gasteiger partial charge in [0.05, 0.1) is 0 Å². The van der Waals surface area contributed by atoms with Gasteiger partial charge in [0.1, 0.15) is 0 Å². The van der Waals surface area contributed by atoms with Crippen molar-refractivity contribution in [2.24, 2.45) is 0 Å². The molecule has 72 valence electrons. The van der Waals surface area contributed by atoms with Crippen LogP contribution in [0.5, 0.6) is 0 Å². The first-order valence-corrected chi connectivity index (χ1v) is 3.18. The minimum Gasteiger partial charge on any atom is -0.479 e. The van der Waals surface area contributed by atoms with Crippen molar-refractivity contribution in [3.8, 4) is 0 Å². The average Bonchev–Trinajstić information content (AvgIpc) is 1.82. The van der Waals surface area contributed by atoms with Crippen LogP contribution in [0.1, 0.15) is 19.8 Å². The third-order valence-corrected chi connectivity index (χ3v) is 1.36. The van der Waals surface area contributed by atoms with Crippen LogP contribution in [0, 0.1) is 0 Å². The molecule has 0 amide bonds. The summed E-state index contributed by atoms with van der Waals surface area (Å²) in [5.74, 6) is -1.65. The lowest BCUT2D eigenvalue weighted by Crippen LogP contribution is -2.36. The van der Waals surface area contributed by atoms with E-state index in [4.69, 9.17) is 10.2 Å². The number of hydrogen-bond acceptors (Lipinski definition) is 2. The highest BCUT2D eigenvalue weighted by atomic mass is 19.4. The van der Waals surface area contributed by atoms with Gasteiger partial charge in [-0.1, -0.05) is 0 Å². The number of carbonyl (C=O) groups is 1. The van der Waals surface area contributed by atoms with Crippen molar-refractivity contribution < 1.29 is 28.2 Å². The summed E-state index contributed by atoms with van der Waals surface area (Å²) in [5.41, 5.74) is -2.30. The summed E-state index contributed by atoms with van der Waals surface area (Å²) in [6.45, 7) is 0.834. The summed E-state index contributed by atoms with van der Waals surface area (Å²) < 4.78 is 34.6. The first-order chi connectivity index (χ1) is 5.15. The largest absolute Gasteiger partial charge is 0.479 e. The Morgan fingerprint density at radius 1 is 1.33 bits per heavy atom. The standard InChI is InChI=1S/C6H9F3O3/c1-5(12,4(10)11)2-3-6(7,8)9/h12H,2-3H2,1H3,(H,10,11). The number of halogens is 3. The zero-order valence-electron chi connectivity index (χ0n) is 6.35. The van der Waals surface area contributed by atoms with Crippen molar-refractivity contribution in [1.29, 1.82) is 0 Å². The summed E-state index contributed by atoms with van der Waals surface area (Å²) in [6.07, 6.45) is -6.56. The second-order valence-electron chi connectivity index (χ2n) is 2.69. The van der Waals surface area contributed by atoms with Crippen molar-refractivity contribution in [3.63, 3.8) is 0 Å². The molecule has 0 aromatic rings. The molecule has 2 N–H and O–H groups in total. The number of alkyl halides is 3. The number of rotatable bonds is 3. The Bertz CT molecular complexity index is 173. The minimum absolute atomic E-state index is 0.828. The molecule has 3 nitrogen and oxygen atoms in total. The number of carboxylic acids is 1. The molecule has 0 rings (SSSR count). The van der Waals surface area contributed by atoms with Gasteiger partial charge in [0, 0.05) is 6.42 Å². The van der Waals surface area contributed by atoms with E-state index in [9.17, 15) is 18.0 Å². The van der Waals surface area contributed by atoms with Crippen molar-refractivity contribution >= 4 is 5.97 Å². The minimum atomic E-state index is -4.43. The van der Waals surface area contributed by atoms with Gasteiger partial charge in [-0.3, -0.25) is 0 Å². The van der Waals surface area contributed by atoms with Crippen LogP contribution in [0.2, 0.25) is 0 Å². The van der Waals surface area contributed by atoms with E-state index in [1.807, 2.05) is 0 Å². The predicted molar refractivity (Wildman–Crippen MR) is 33.5 cm³/mol. The van der Waals surface area contributed by atoms with E-state index < -0.39 is 30.6 Å². The Morgan fingerprint density at radius 2 is 1.75 bits per heavy atom.